The Morgan fingerprint density at radius 3 is 2.67 bits per heavy atom. The van der Waals surface area contributed by atoms with Crippen LogP contribution in [0.25, 0.3) is 0 Å². The zero-order chi connectivity index (χ0) is 25.3. The van der Waals surface area contributed by atoms with Crippen molar-refractivity contribution in [2.75, 3.05) is 48.4 Å². The van der Waals surface area contributed by atoms with Crippen molar-refractivity contribution in [2.45, 2.75) is 25.1 Å². The number of pyridine rings is 2. The Balaban J connectivity index is 1.37. The number of hydrogen-bond acceptors (Lipinski definition) is 9. The first-order chi connectivity index (χ1) is 17.3. The van der Waals surface area contributed by atoms with Gasteiger partial charge < -0.3 is 20.3 Å². The van der Waals surface area contributed by atoms with Gasteiger partial charge in [-0.25, -0.2) is 19.9 Å². The largest absolute Gasteiger partial charge is 0.417 e. The lowest BCUT2D eigenvalue weighted by Crippen LogP contribution is -2.36. The van der Waals surface area contributed by atoms with Gasteiger partial charge in [0.1, 0.15) is 17.3 Å². The van der Waals surface area contributed by atoms with Crippen molar-refractivity contribution in [3.05, 3.63) is 59.2 Å². The molecule has 0 aliphatic carbocycles. The van der Waals surface area contributed by atoms with E-state index in [9.17, 15) is 13.2 Å². The smallest absolute Gasteiger partial charge is 0.378 e. The zero-order valence-corrected chi connectivity index (χ0v) is 19.6. The van der Waals surface area contributed by atoms with Crippen molar-refractivity contribution >= 4 is 30.0 Å². The number of hydrogen-bond donors (Lipinski definition) is 2. The van der Waals surface area contributed by atoms with Crippen molar-refractivity contribution in [1.82, 2.24) is 19.9 Å². The van der Waals surface area contributed by atoms with Gasteiger partial charge in [0.05, 0.1) is 36.7 Å². The third-order valence-corrected chi connectivity index (χ3v) is 6.34. The van der Waals surface area contributed by atoms with Gasteiger partial charge in [-0.15, -0.1) is 0 Å². The highest BCUT2D eigenvalue weighted by Gasteiger charge is 2.35. The monoisotopic (exact) mass is 498 g/mol. The number of fused-ring (bicyclic) bond motifs is 1. The van der Waals surface area contributed by atoms with Gasteiger partial charge in [0.2, 0.25) is 5.95 Å². The molecule has 36 heavy (non-hydrogen) atoms. The first-order valence-corrected chi connectivity index (χ1v) is 11.5. The Morgan fingerprint density at radius 2 is 1.97 bits per heavy atom. The summed E-state index contributed by atoms with van der Waals surface area (Å²) in [5.74, 6) is 1.14. The average Bonchev–Trinajstić information content (AvgIpc) is 3.32. The van der Waals surface area contributed by atoms with Gasteiger partial charge in [0.15, 0.2) is 0 Å². The van der Waals surface area contributed by atoms with Crippen LogP contribution in [0, 0.1) is 0 Å². The van der Waals surface area contributed by atoms with Gasteiger partial charge in [-0.05, 0) is 31.3 Å². The van der Waals surface area contributed by atoms with Crippen molar-refractivity contribution in [2.24, 2.45) is 4.99 Å². The number of nitrogens with one attached hydrogen (secondary N) is 2. The van der Waals surface area contributed by atoms with Gasteiger partial charge >= 0.3 is 6.18 Å². The topological polar surface area (TPSA) is 100 Å². The maximum absolute atomic E-state index is 13.3. The number of alkyl halides is 3. The molecule has 2 atom stereocenters. The SMILES string of the molecule is C=Nc1cnc(NC(C)c2ccc(N3CCOCC3)nc2)nc1C1CNc2ncc(C(F)(F)F)cc21. The fraction of sp³-hybridized carbons (Fsp3) is 0.375. The summed E-state index contributed by atoms with van der Waals surface area (Å²) in [7, 11) is 0. The fourth-order valence-corrected chi connectivity index (χ4v) is 4.35. The number of aliphatic imine (C=N–C) groups is 1. The Bertz CT molecular complexity index is 1250. The molecule has 12 heteroatoms. The van der Waals surface area contributed by atoms with Crippen molar-refractivity contribution in [3.63, 3.8) is 0 Å². The Hall–Kier alpha value is -3.80. The molecule has 1 fully saturated rings. The van der Waals surface area contributed by atoms with Crippen LogP contribution in [0.3, 0.4) is 0 Å². The lowest BCUT2D eigenvalue weighted by atomic mass is 9.97. The molecule has 0 amide bonds. The molecule has 0 bridgehead atoms. The van der Waals surface area contributed by atoms with E-state index in [1.165, 1.54) is 6.20 Å². The molecule has 2 aliphatic rings. The zero-order valence-electron chi connectivity index (χ0n) is 19.6. The van der Waals surface area contributed by atoms with Crippen LogP contribution in [0.15, 0.2) is 41.8 Å². The molecule has 0 radical (unpaired) electrons. The molecule has 2 aliphatic heterocycles. The van der Waals surface area contributed by atoms with Gasteiger partial charge in [-0.2, -0.15) is 13.2 Å². The van der Waals surface area contributed by atoms with E-state index in [1.807, 2.05) is 25.3 Å². The first-order valence-electron chi connectivity index (χ1n) is 11.5. The minimum atomic E-state index is -4.49. The third-order valence-electron chi connectivity index (χ3n) is 6.34. The molecule has 3 aromatic rings. The summed E-state index contributed by atoms with van der Waals surface area (Å²) in [6, 6.07) is 4.91. The molecule has 5 rings (SSSR count). The minimum absolute atomic E-state index is 0.167. The summed E-state index contributed by atoms with van der Waals surface area (Å²) < 4.78 is 45.3. The van der Waals surface area contributed by atoms with E-state index in [1.54, 1.807) is 0 Å². The predicted molar refractivity (Wildman–Crippen MR) is 130 cm³/mol. The summed E-state index contributed by atoms with van der Waals surface area (Å²) in [6.07, 6.45) is -0.338. The number of rotatable bonds is 6. The highest BCUT2D eigenvalue weighted by molar-refractivity contribution is 5.61. The quantitative estimate of drug-likeness (QED) is 0.488. The molecule has 188 valence electrons. The summed E-state index contributed by atoms with van der Waals surface area (Å²) in [4.78, 5) is 23.7. The molecular formula is C24H25F3N8O. The number of aromatic nitrogens is 4. The van der Waals surface area contributed by atoms with Crippen LogP contribution in [0.4, 0.5) is 36.4 Å². The van der Waals surface area contributed by atoms with Crippen LogP contribution in [0.2, 0.25) is 0 Å². The average molecular weight is 499 g/mol. The Kier molecular flexibility index (Phi) is 6.44. The van der Waals surface area contributed by atoms with E-state index in [4.69, 9.17) is 4.74 Å². The van der Waals surface area contributed by atoms with Crippen molar-refractivity contribution in [1.29, 1.82) is 0 Å². The number of anilines is 3. The second-order valence-electron chi connectivity index (χ2n) is 8.63. The number of nitrogens with zero attached hydrogens (tertiary/aromatic N) is 6. The number of halogens is 3. The minimum Gasteiger partial charge on any atom is -0.378 e. The van der Waals surface area contributed by atoms with Crippen LogP contribution >= 0.6 is 0 Å². The summed E-state index contributed by atoms with van der Waals surface area (Å²) in [5.41, 5.74) is 1.42. The van der Waals surface area contributed by atoms with Crippen molar-refractivity contribution < 1.29 is 17.9 Å². The molecular weight excluding hydrogens is 473 g/mol. The van der Waals surface area contributed by atoms with Gasteiger partial charge in [-0.3, -0.25) is 4.99 Å². The Labute approximate surface area is 205 Å². The molecule has 2 unspecified atom stereocenters. The fourth-order valence-electron chi connectivity index (χ4n) is 4.35. The molecule has 5 heterocycles. The predicted octanol–water partition coefficient (Wildman–Crippen LogP) is 4.18. The molecule has 0 aromatic carbocycles. The van der Waals surface area contributed by atoms with E-state index in [2.05, 4.69) is 47.2 Å². The van der Waals surface area contributed by atoms with E-state index >= 15 is 0 Å². The van der Waals surface area contributed by atoms with Crippen LogP contribution < -0.4 is 15.5 Å². The van der Waals surface area contributed by atoms with Gasteiger partial charge in [0.25, 0.3) is 0 Å². The van der Waals surface area contributed by atoms with Crippen LogP contribution in [-0.2, 0) is 10.9 Å². The lowest BCUT2D eigenvalue weighted by molar-refractivity contribution is -0.137. The highest BCUT2D eigenvalue weighted by atomic mass is 19.4. The van der Waals surface area contributed by atoms with Gasteiger partial charge in [-0.1, -0.05) is 6.07 Å². The van der Waals surface area contributed by atoms with Gasteiger partial charge in [0, 0.05) is 43.5 Å². The van der Waals surface area contributed by atoms with E-state index in [0.29, 0.717) is 48.5 Å². The second kappa shape index (κ2) is 9.69. The standard InChI is InChI=1S/C24H25F3N8O/c1-14(15-3-4-20(29-10-15)35-5-7-36-8-6-35)33-23-32-13-19(28-2)21(34-23)18-12-31-22-17(18)9-16(11-30-22)24(25,26)27/h3-4,9-11,13-14,18H,2,5-8,12H2,1H3,(H,30,31)(H,32,33,34). The normalized spacial score (nSPS) is 18.3. The molecule has 0 saturated carbocycles. The highest BCUT2D eigenvalue weighted by Crippen LogP contribution is 2.41. The van der Waals surface area contributed by atoms with E-state index in [-0.39, 0.29) is 6.04 Å². The third kappa shape index (κ3) is 4.81. The van der Waals surface area contributed by atoms with Crippen molar-refractivity contribution in [3.8, 4) is 0 Å². The summed E-state index contributed by atoms with van der Waals surface area (Å²) in [6.45, 7) is 8.85. The molecule has 1 saturated heterocycles. The molecule has 9 nitrogen and oxygen atoms in total. The lowest BCUT2D eigenvalue weighted by Gasteiger charge is -2.28. The van der Waals surface area contributed by atoms with Crippen LogP contribution in [0.5, 0.6) is 0 Å². The summed E-state index contributed by atoms with van der Waals surface area (Å²) in [5, 5.41) is 6.31. The van der Waals surface area contributed by atoms with Crippen LogP contribution in [0.1, 0.15) is 41.3 Å². The number of ether oxygens (including phenoxy) is 1. The number of morpholine rings is 1. The van der Waals surface area contributed by atoms with Crippen LogP contribution in [-0.4, -0.2) is 59.5 Å². The van der Waals surface area contributed by atoms with E-state index < -0.39 is 17.7 Å². The molecule has 3 aromatic heterocycles. The van der Waals surface area contributed by atoms with E-state index in [0.717, 1.165) is 36.7 Å². The first kappa shape index (κ1) is 23.9. The maximum Gasteiger partial charge on any atom is 0.417 e. The Morgan fingerprint density at radius 1 is 1.17 bits per heavy atom. The molecule has 2 N–H and O–H groups in total. The second-order valence-corrected chi connectivity index (χ2v) is 8.63. The summed E-state index contributed by atoms with van der Waals surface area (Å²) >= 11 is 0. The molecule has 0 spiro atoms. The maximum atomic E-state index is 13.3.